The zero-order valence-electron chi connectivity index (χ0n) is 22.6. The molecule has 0 radical (unpaired) electrons. The second-order valence-corrected chi connectivity index (χ2v) is 6.96. The molecule has 0 unspecified atom stereocenters. The Kier molecular flexibility index (Phi) is 5.95. The Labute approximate surface area is 190 Å². The number of benzene rings is 2. The molecule has 2 aromatic carbocycles. The number of rotatable bonds is 11. The van der Waals surface area contributed by atoms with Gasteiger partial charge in [-0.1, -0.05) is 60.7 Å². The summed E-state index contributed by atoms with van der Waals surface area (Å²) in [6, 6.07) is 17.5. The Morgan fingerprint density at radius 1 is 1.06 bits per heavy atom. The number of aliphatic carboxylic acids is 1. The first-order valence-corrected chi connectivity index (χ1v) is 9.98. The fourth-order valence-electron chi connectivity index (χ4n) is 3.01. The minimum absolute atomic E-state index is 0.0213. The van der Waals surface area contributed by atoms with Crippen LogP contribution in [0.5, 0.6) is 0 Å². The van der Waals surface area contributed by atoms with E-state index in [-0.39, 0.29) is 25.3 Å². The van der Waals surface area contributed by atoms with Crippen LogP contribution in [0, 0.1) is 0 Å². The molecule has 6 nitrogen and oxygen atoms in total. The lowest BCUT2D eigenvalue weighted by Crippen LogP contribution is -2.33. The average Bonchev–Trinajstić information content (AvgIpc) is 2.82. The highest BCUT2D eigenvalue weighted by molar-refractivity contribution is 5.78. The smallest absolute Gasteiger partial charge is 0.329 e. The normalized spacial score (nSPS) is 14.6. The third kappa shape index (κ3) is 6.36. The highest BCUT2D eigenvalue weighted by Crippen LogP contribution is 2.30. The number of hydrogen-bond acceptors (Lipinski definition) is 5. The maximum absolute atomic E-state index is 10.9. The van der Waals surface area contributed by atoms with Crippen LogP contribution in [0.2, 0.25) is 0 Å². The maximum Gasteiger partial charge on any atom is 0.329 e. The van der Waals surface area contributed by atoms with E-state index in [2.05, 4.69) is 4.98 Å². The highest BCUT2D eigenvalue weighted by atomic mass is 16.5. The molecule has 0 atom stereocenters. The fourth-order valence-corrected chi connectivity index (χ4v) is 3.01. The second-order valence-electron chi connectivity index (χ2n) is 6.96. The number of carboxylic acid groups (broad SMARTS) is 1. The van der Waals surface area contributed by atoms with E-state index in [0.29, 0.717) is 11.4 Å². The lowest BCUT2D eigenvalue weighted by atomic mass is 10.0. The number of aromatic nitrogens is 2. The maximum atomic E-state index is 10.9. The van der Waals surface area contributed by atoms with Crippen molar-refractivity contribution in [1.29, 1.82) is 0 Å². The van der Waals surface area contributed by atoms with Gasteiger partial charge >= 0.3 is 5.97 Å². The third-order valence-electron chi connectivity index (χ3n) is 4.38. The molecular formula is C25H29N3O3. The topological polar surface area (TPSA) is 75.5 Å². The van der Waals surface area contributed by atoms with Gasteiger partial charge in [0.1, 0.15) is 12.4 Å². The highest BCUT2D eigenvalue weighted by Gasteiger charge is 2.17. The predicted molar refractivity (Wildman–Crippen MR) is 123 cm³/mol. The molecule has 31 heavy (non-hydrogen) atoms. The molecule has 0 fully saturated rings. The fraction of sp³-hybridized carbons (Fsp3) is 0.320. The van der Waals surface area contributed by atoms with Crippen molar-refractivity contribution in [2.45, 2.75) is 32.7 Å². The summed E-state index contributed by atoms with van der Waals surface area (Å²) in [4.78, 5) is 21.5. The quantitative estimate of drug-likeness (QED) is 0.441. The average molecular weight is 425 g/mol. The molecule has 0 aliphatic heterocycles. The molecule has 3 aromatic rings. The molecule has 162 valence electrons. The van der Waals surface area contributed by atoms with Crippen molar-refractivity contribution >= 4 is 11.8 Å². The molecule has 0 saturated carbocycles. The summed E-state index contributed by atoms with van der Waals surface area (Å²) >= 11 is 0. The van der Waals surface area contributed by atoms with Gasteiger partial charge in [-0.3, -0.25) is 4.98 Å². The first-order valence-electron chi connectivity index (χ1n) is 12.5. The van der Waals surface area contributed by atoms with E-state index in [0.717, 1.165) is 11.1 Å². The SMILES string of the molecule is [2H]C([2H])(OCCCC([2H])([2H])N(c1cnc(-c2ccccc2)c(-c2ccccc2)n1)C([2H])(C)C)C(=O)O. The van der Waals surface area contributed by atoms with Crippen LogP contribution >= 0.6 is 0 Å². The van der Waals surface area contributed by atoms with Crippen molar-refractivity contribution in [3.63, 3.8) is 0 Å². The summed E-state index contributed by atoms with van der Waals surface area (Å²) in [6.07, 6.45) is 1.31. The summed E-state index contributed by atoms with van der Waals surface area (Å²) in [6.45, 7) is -2.18. The van der Waals surface area contributed by atoms with Crippen LogP contribution in [0.25, 0.3) is 22.5 Å². The minimum atomic E-state index is -2.86. The van der Waals surface area contributed by atoms with E-state index in [1.54, 1.807) is 13.8 Å². The van der Waals surface area contributed by atoms with E-state index in [1.165, 1.54) is 11.1 Å². The summed E-state index contributed by atoms with van der Waals surface area (Å²) in [7, 11) is 0. The van der Waals surface area contributed by atoms with Crippen molar-refractivity contribution in [2.24, 2.45) is 0 Å². The molecule has 0 aliphatic carbocycles. The van der Waals surface area contributed by atoms with Gasteiger partial charge in [0.25, 0.3) is 0 Å². The van der Waals surface area contributed by atoms with E-state index in [1.807, 2.05) is 60.7 Å². The number of carbonyl (C=O) groups is 1. The van der Waals surface area contributed by atoms with Gasteiger partial charge in [0.15, 0.2) is 0 Å². The first-order chi connectivity index (χ1) is 16.8. The number of carboxylic acids is 1. The van der Waals surface area contributed by atoms with Gasteiger partial charge in [-0.2, -0.15) is 0 Å². The molecule has 6 heteroatoms. The minimum Gasteiger partial charge on any atom is -0.480 e. The van der Waals surface area contributed by atoms with Gasteiger partial charge in [0.2, 0.25) is 0 Å². The molecule has 0 amide bonds. The molecule has 3 rings (SSSR count). The Bertz CT molecular complexity index is 1170. The van der Waals surface area contributed by atoms with Crippen molar-refractivity contribution < 1.29 is 21.5 Å². The van der Waals surface area contributed by atoms with E-state index in [9.17, 15) is 4.79 Å². The monoisotopic (exact) mass is 424 g/mol. The molecule has 1 aromatic heterocycles. The van der Waals surface area contributed by atoms with E-state index < -0.39 is 25.0 Å². The molecule has 0 spiro atoms. The number of hydrogen-bond donors (Lipinski definition) is 1. The van der Waals surface area contributed by atoms with Gasteiger partial charge in [0.05, 0.1) is 21.7 Å². The van der Waals surface area contributed by atoms with Crippen LogP contribution in [-0.2, 0) is 9.53 Å². The summed E-state index contributed by atoms with van der Waals surface area (Å²) in [5.74, 6) is -1.58. The van der Waals surface area contributed by atoms with Crippen LogP contribution in [0.15, 0.2) is 66.9 Å². The zero-order valence-corrected chi connectivity index (χ0v) is 17.6. The molecule has 0 aliphatic rings. The van der Waals surface area contributed by atoms with Crippen molar-refractivity contribution in [3.05, 3.63) is 66.9 Å². The zero-order chi connectivity index (χ0) is 26.6. The Hall–Kier alpha value is -3.25. The second kappa shape index (κ2) is 11.2. The summed E-state index contributed by atoms with van der Waals surface area (Å²) in [5.41, 5.74) is 2.80. The van der Waals surface area contributed by atoms with Crippen molar-refractivity contribution in [3.8, 4) is 22.5 Å². The summed E-state index contributed by atoms with van der Waals surface area (Å²) < 4.78 is 45.5. The Balaban J connectivity index is 1.97. The summed E-state index contributed by atoms with van der Waals surface area (Å²) in [5, 5.41) is 8.85. The van der Waals surface area contributed by atoms with E-state index in [4.69, 9.17) is 21.7 Å². The standard InChI is InChI=1S/C25H29N3O3/c1-19(2)28(15-9-10-16-31-18-23(29)30)22-17-26-24(20-11-5-3-6-12-20)25(27-22)21-13-7-4-8-14-21/h3-8,11-14,17,19H,9-10,15-16,18H2,1-2H3,(H,29,30)/i15D2,18D2,19D. The van der Waals surface area contributed by atoms with Gasteiger partial charge in [-0.25, -0.2) is 9.78 Å². The molecule has 0 bridgehead atoms. The van der Waals surface area contributed by atoms with Crippen molar-refractivity contribution in [2.75, 3.05) is 24.6 Å². The van der Waals surface area contributed by atoms with Crippen LogP contribution in [0.4, 0.5) is 5.82 Å². The lowest BCUT2D eigenvalue weighted by Gasteiger charge is -2.28. The predicted octanol–water partition coefficient (Wildman–Crippen LogP) is 4.91. The molecule has 1 N–H and O–H groups in total. The van der Waals surface area contributed by atoms with Crippen LogP contribution < -0.4 is 4.90 Å². The van der Waals surface area contributed by atoms with Gasteiger partial charge < -0.3 is 14.7 Å². The van der Waals surface area contributed by atoms with Crippen LogP contribution in [0.3, 0.4) is 0 Å². The number of nitrogens with zero attached hydrogens (tertiary/aromatic N) is 3. The molecular weight excluding hydrogens is 390 g/mol. The Morgan fingerprint density at radius 3 is 2.26 bits per heavy atom. The third-order valence-corrected chi connectivity index (χ3v) is 4.38. The van der Waals surface area contributed by atoms with E-state index >= 15 is 0 Å². The van der Waals surface area contributed by atoms with Gasteiger partial charge in [-0.05, 0) is 26.7 Å². The van der Waals surface area contributed by atoms with Crippen LogP contribution in [-0.4, -0.2) is 46.7 Å². The van der Waals surface area contributed by atoms with Gasteiger partial charge in [-0.15, -0.1) is 0 Å². The number of anilines is 1. The first kappa shape index (κ1) is 16.4. The lowest BCUT2D eigenvalue weighted by molar-refractivity contribution is -0.142. The largest absolute Gasteiger partial charge is 0.480 e. The number of ether oxygens (including phenoxy) is 1. The van der Waals surface area contributed by atoms with Crippen LogP contribution in [0.1, 0.15) is 33.5 Å². The molecule has 0 saturated heterocycles. The molecule has 1 heterocycles. The van der Waals surface area contributed by atoms with Gasteiger partial charge in [0, 0.05) is 33.0 Å². The Morgan fingerprint density at radius 2 is 1.68 bits per heavy atom. The van der Waals surface area contributed by atoms with Crippen molar-refractivity contribution in [1.82, 2.24) is 9.97 Å².